The van der Waals surface area contributed by atoms with Gasteiger partial charge in [0, 0.05) is 22.6 Å². The number of anilines is 1. The van der Waals surface area contributed by atoms with Crippen molar-refractivity contribution >= 4 is 32.5 Å². The number of hydrogen-bond donors (Lipinski definition) is 3. The van der Waals surface area contributed by atoms with Crippen molar-refractivity contribution in [3.63, 3.8) is 0 Å². The maximum Gasteiger partial charge on any atom is 0.268 e. The number of hydrogen-bond acceptors (Lipinski definition) is 3. The monoisotopic (exact) mass is 349 g/mol. The van der Waals surface area contributed by atoms with Crippen molar-refractivity contribution < 1.29 is 13.2 Å². The van der Waals surface area contributed by atoms with E-state index in [1.54, 1.807) is 18.2 Å². The summed E-state index contributed by atoms with van der Waals surface area (Å²) in [5, 5.41) is 3.82. The molecule has 0 spiro atoms. The molecule has 0 saturated heterocycles. The van der Waals surface area contributed by atoms with E-state index in [2.05, 4.69) is 15.0 Å². The van der Waals surface area contributed by atoms with Gasteiger partial charge >= 0.3 is 0 Å². The molecular weight excluding hydrogens is 326 g/mol. The number of sulfonamides is 1. The third kappa shape index (κ3) is 3.72. The first-order chi connectivity index (χ1) is 11.4. The Balaban J connectivity index is 1.85. The zero-order valence-corrected chi connectivity index (χ0v) is 14.8. The van der Waals surface area contributed by atoms with Crippen LogP contribution in [0.25, 0.3) is 10.9 Å². The van der Waals surface area contributed by atoms with E-state index in [9.17, 15) is 13.2 Å². The lowest BCUT2D eigenvalue weighted by atomic mass is 10.1. The van der Waals surface area contributed by atoms with Crippen molar-refractivity contribution in [3.05, 3.63) is 29.5 Å². The van der Waals surface area contributed by atoms with Crippen LogP contribution in [0.2, 0.25) is 0 Å². The fourth-order valence-corrected chi connectivity index (χ4v) is 3.92. The van der Waals surface area contributed by atoms with Crippen molar-refractivity contribution in [2.75, 3.05) is 10.5 Å². The number of nitrogens with one attached hydrogen (secondary N) is 3. The fourth-order valence-electron chi connectivity index (χ4n) is 2.67. The Morgan fingerprint density at radius 3 is 2.75 bits per heavy atom. The largest absolute Gasteiger partial charge is 0.350 e. The fraction of sp³-hybridized carbons (Fsp3) is 0.471. The molecule has 7 heteroatoms. The summed E-state index contributed by atoms with van der Waals surface area (Å²) in [4.78, 5) is 15.4. The van der Waals surface area contributed by atoms with E-state index in [0.717, 1.165) is 35.7 Å². The van der Waals surface area contributed by atoms with Crippen LogP contribution in [0.1, 0.15) is 48.7 Å². The molecule has 130 valence electrons. The Hall–Kier alpha value is -2.02. The second-order valence-corrected chi connectivity index (χ2v) is 8.25. The summed E-state index contributed by atoms with van der Waals surface area (Å²) in [6, 6.07) is 5.58. The molecule has 3 N–H and O–H groups in total. The third-order valence-corrected chi connectivity index (χ3v) is 5.61. The van der Waals surface area contributed by atoms with E-state index < -0.39 is 10.0 Å². The van der Waals surface area contributed by atoms with Gasteiger partial charge in [-0.1, -0.05) is 13.3 Å². The number of aromatic nitrogens is 1. The van der Waals surface area contributed by atoms with Crippen molar-refractivity contribution in [2.45, 2.75) is 45.6 Å². The van der Waals surface area contributed by atoms with Crippen molar-refractivity contribution in [1.82, 2.24) is 10.3 Å². The molecule has 24 heavy (non-hydrogen) atoms. The molecule has 0 unspecified atom stereocenters. The Kier molecular flexibility index (Phi) is 4.54. The number of aromatic amines is 1. The predicted octanol–water partition coefficient (Wildman–Crippen LogP) is 2.91. The van der Waals surface area contributed by atoms with Gasteiger partial charge in [-0.3, -0.25) is 9.52 Å². The lowest BCUT2D eigenvalue weighted by Crippen LogP contribution is -2.26. The van der Waals surface area contributed by atoms with Crippen molar-refractivity contribution in [2.24, 2.45) is 0 Å². The first-order valence-electron chi connectivity index (χ1n) is 8.33. The van der Waals surface area contributed by atoms with Gasteiger partial charge in [-0.2, -0.15) is 0 Å². The minimum absolute atomic E-state index is 0.101. The molecule has 0 aliphatic heterocycles. The lowest BCUT2D eigenvalue weighted by Gasteiger charge is -2.07. The second kappa shape index (κ2) is 6.47. The molecule has 1 fully saturated rings. The van der Waals surface area contributed by atoms with Gasteiger partial charge in [0.2, 0.25) is 10.0 Å². The van der Waals surface area contributed by atoms with Gasteiger partial charge in [0.05, 0.1) is 5.75 Å². The Morgan fingerprint density at radius 2 is 2.08 bits per heavy atom. The maximum atomic E-state index is 12.3. The summed E-state index contributed by atoms with van der Waals surface area (Å²) in [5.41, 5.74) is 2.72. The van der Waals surface area contributed by atoms with E-state index in [-0.39, 0.29) is 11.7 Å². The number of amides is 1. The van der Waals surface area contributed by atoms with Crippen LogP contribution >= 0.6 is 0 Å². The average Bonchev–Trinajstić information content (AvgIpc) is 3.28. The van der Waals surface area contributed by atoms with Gasteiger partial charge in [0.25, 0.3) is 5.91 Å². The molecule has 1 heterocycles. The summed E-state index contributed by atoms with van der Waals surface area (Å²) in [5.74, 6) is 0.0131. The molecule has 1 aliphatic carbocycles. The van der Waals surface area contributed by atoms with Gasteiger partial charge in [-0.25, -0.2) is 8.42 Å². The topological polar surface area (TPSA) is 91.1 Å². The second-order valence-electron chi connectivity index (χ2n) is 6.41. The molecule has 0 bridgehead atoms. The SMILES string of the molecule is CCCCS(=O)(=O)Nc1ccc2[nH]c(C(=O)NC3CC3)c(C)c2c1. The number of fused-ring (bicyclic) bond motifs is 1. The highest BCUT2D eigenvalue weighted by atomic mass is 32.2. The Bertz CT molecular complexity index is 867. The van der Waals surface area contributed by atoms with Crippen LogP contribution in [0, 0.1) is 6.92 Å². The summed E-state index contributed by atoms with van der Waals surface area (Å²) in [6.45, 7) is 3.83. The number of rotatable bonds is 7. The Labute approximate surface area is 142 Å². The minimum Gasteiger partial charge on any atom is -0.350 e. The van der Waals surface area contributed by atoms with Crippen LogP contribution in [0.5, 0.6) is 0 Å². The van der Waals surface area contributed by atoms with Gasteiger partial charge in [0.15, 0.2) is 0 Å². The normalized spacial score (nSPS) is 14.8. The minimum atomic E-state index is -3.33. The van der Waals surface area contributed by atoms with Gasteiger partial charge in [-0.05, 0) is 49.9 Å². The summed E-state index contributed by atoms with van der Waals surface area (Å²) in [6.07, 6.45) is 3.53. The maximum absolute atomic E-state index is 12.3. The van der Waals surface area contributed by atoms with E-state index in [1.807, 2.05) is 13.8 Å². The van der Waals surface area contributed by atoms with E-state index in [1.165, 1.54) is 0 Å². The zero-order valence-electron chi connectivity index (χ0n) is 14.0. The summed E-state index contributed by atoms with van der Waals surface area (Å²) >= 11 is 0. The van der Waals surface area contributed by atoms with Crippen molar-refractivity contribution in [3.8, 4) is 0 Å². The molecule has 1 aromatic carbocycles. The molecule has 1 aliphatic rings. The number of carbonyl (C=O) groups is 1. The molecule has 0 radical (unpaired) electrons. The quantitative estimate of drug-likeness (QED) is 0.718. The van der Waals surface area contributed by atoms with Crippen LogP contribution in [0.3, 0.4) is 0 Å². The highest BCUT2D eigenvalue weighted by Crippen LogP contribution is 2.27. The third-order valence-electron chi connectivity index (χ3n) is 4.24. The van der Waals surface area contributed by atoms with Crippen molar-refractivity contribution in [1.29, 1.82) is 0 Å². The van der Waals surface area contributed by atoms with Crippen LogP contribution < -0.4 is 10.0 Å². The summed E-state index contributed by atoms with van der Waals surface area (Å²) < 4.78 is 26.7. The first-order valence-corrected chi connectivity index (χ1v) is 9.98. The number of carbonyl (C=O) groups excluding carboxylic acids is 1. The molecule has 6 nitrogen and oxygen atoms in total. The molecule has 3 rings (SSSR count). The number of aryl methyl sites for hydroxylation is 1. The number of H-pyrrole nitrogens is 1. The standard InChI is InChI=1S/C17H23N3O3S/c1-3-4-9-24(22,23)20-13-7-8-15-14(10-13)11(2)16(19-15)17(21)18-12-5-6-12/h7-8,10,12,19-20H,3-6,9H2,1-2H3,(H,18,21). The molecule has 1 saturated carbocycles. The van der Waals surface area contributed by atoms with Gasteiger partial charge in [-0.15, -0.1) is 0 Å². The van der Waals surface area contributed by atoms with Crippen LogP contribution in [0.15, 0.2) is 18.2 Å². The molecule has 2 aromatic rings. The predicted molar refractivity (Wildman–Crippen MR) is 95.8 cm³/mol. The Morgan fingerprint density at radius 1 is 1.33 bits per heavy atom. The van der Waals surface area contributed by atoms with Crippen LogP contribution in [-0.4, -0.2) is 31.1 Å². The van der Waals surface area contributed by atoms with E-state index in [0.29, 0.717) is 23.8 Å². The zero-order chi connectivity index (χ0) is 17.3. The lowest BCUT2D eigenvalue weighted by molar-refractivity contribution is 0.0946. The summed E-state index contributed by atoms with van der Waals surface area (Å²) in [7, 11) is -3.33. The van der Waals surface area contributed by atoms with Crippen LogP contribution in [0.4, 0.5) is 5.69 Å². The highest BCUT2D eigenvalue weighted by Gasteiger charge is 2.25. The van der Waals surface area contributed by atoms with E-state index in [4.69, 9.17) is 0 Å². The van der Waals surface area contributed by atoms with Crippen LogP contribution in [-0.2, 0) is 10.0 Å². The molecular formula is C17H23N3O3S. The molecule has 0 atom stereocenters. The van der Waals surface area contributed by atoms with Gasteiger partial charge in [0.1, 0.15) is 5.69 Å². The molecule has 1 aromatic heterocycles. The highest BCUT2D eigenvalue weighted by molar-refractivity contribution is 7.92. The molecule has 1 amide bonds. The number of benzene rings is 1. The van der Waals surface area contributed by atoms with Gasteiger partial charge < -0.3 is 10.3 Å². The average molecular weight is 349 g/mol. The number of unbranched alkanes of at least 4 members (excludes halogenated alkanes) is 1. The first kappa shape index (κ1) is 16.8. The van der Waals surface area contributed by atoms with E-state index >= 15 is 0 Å². The smallest absolute Gasteiger partial charge is 0.268 e.